The molecule has 0 spiro atoms. The number of nitrogens with zero attached hydrogens (tertiary/aromatic N) is 4. The summed E-state index contributed by atoms with van der Waals surface area (Å²) in [5.74, 6) is -0.109. The zero-order chi connectivity index (χ0) is 21.3. The zero-order valence-corrected chi connectivity index (χ0v) is 17.9. The fourth-order valence-corrected chi connectivity index (χ4v) is 3.71. The Hall–Kier alpha value is -2.91. The van der Waals surface area contributed by atoms with Crippen LogP contribution in [0, 0.1) is 0 Å². The van der Waals surface area contributed by atoms with Crippen molar-refractivity contribution in [3.8, 4) is 0 Å². The van der Waals surface area contributed by atoms with Crippen LogP contribution >= 0.6 is 11.8 Å². The number of hydrogen-bond donors (Lipinski definition) is 1. The van der Waals surface area contributed by atoms with Crippen molar-refractivity contribution in [1.82, 2.24) is 20.0 Å². The van der Waals surface area contributed by atoms with Gasteiger partial charge in [0.25, 0.3) is 5.91 Å². The number of benzene rings is 1. The van der Waals surface area contributed by atoms with Gasteiger partial charge in [0.1, 0.15) is 5.70 Å². The lowest BCUT2D eigenvalue weighted by Crippen LogP contribution is -2.33. The van der Waals surface area contributed by atoms with E-state index in [2.05, 4.69) is 15.4 Å². The topological polar surface area (TPSA) is 88.8 Å². The lowest BCUT2D eigenvalue weighted by molar-refractivity contribution is -0.122. The summed E-state index contributed by atoms with van der Waals surface area (Å²) in [6.45, 7) is 1.49. The molecule has 0 unspecified atom stereocenters. The molecular weight excluding hydrogens is 402 g/mol. The molecule has 1 aromatic heterocycles. The molecule has 9 heteroatoms. The number of nitrogens with one attached hydrogen (secondary N) is 1. The number of carbonyl (C=O) groups excluding carboxylic acids is 2. The number of amidine groups is 1. The van der Waals surface area contributed by atoms with E-state index in [9.17, 15) is 9.59 Å². The van der Waals surface area contributed by atoms with Crippen LogP contribution in [-0.2, 0) is 27.9 Å². The minimum atomic E-state index is -0.179. The number of amides is 2. The molecule has 1 aliphatic rings. The molecule has 0 aliphatic carbocycles. The summed E-state index contributed by atoms with van der Waals surface area (Å²) in [5, 5.41) is 7.53. The van der Waals surface area contributed by atoms with Crippen molar-refractivity contribution in [2.24, 2.45) is 12.0 Å². The maximum atomic E-state index is 12.8. The van der Waals surface area contributed by atoms with Crippen LogP contribution in [0.15, 0.2) is 53.4 Å². The van der Waals surface area contributed by atoms with E-state index in [0.29, 0.717) is 37.0 Å². The number of thioether (sulfide) groups is 1. The number of methoxy groups -OCH3 is 1. The largest absolute Gasteiger partial charge is 0.385 e. The Morgan fingerprint density at radius 2 is 2.10 bits per heavy atom. The lowest BCUT2D eigenvalue weighted by atomic mass is 10.2. The van der Waals surface area contributed by atoms with Crippen LogP contribution in [0.25, 0.3) is 6.08 Å². The number of aromatic nitrogens is 2. The lowest BCUT2D eigenvalue weighted by Gasteiger charge is -2.17. The molecule has 2 heterocycles. The van der Waals surface area contributed by atoms with Crippen molar-refractivity contribution in [3.63, 3.8) is 0 Å². The van der Waals surface area contributed by atoms with Gasteiger partial charge in [-0.1, -0.05) is 42.1 Å². The normalized spacial score (nSPS) is 15.0. The smallest absolute Gasteiger partial charge is 0.278 e. The van der Waals surface area contributed by atoms with E-state index in [1.165, 1.54) is 11.8 Å². The highest BCUT2D eigenvalue weighted by molar-refractivity contribution is 8.14. The Morgan fingerprint density at radius 3 is 2.80 bits per heavy atom. The first-order chi connectivity index (χ1) is 14.6. The highest BCUT2D eigenvalue weighted by atomic mass is 32.2. The third-order valence-electron chi connectivity index (χ3n) is 4.33. The highest BCUT2D eigenvalue weighted by Gasteiger charge is 2.30. The van der Waals surface area contributed by atoms with E-state index < -0.39 is 0 Å². The Bertz CT molecular complexity index is 939. The number of ether oxygens (including phenoxy) is 1. The number of carbonyl (C=O) groups is 2. The van der Waals surface area contributed by atoms with Gasteiger partial charge in [0.15, 0.2) is 5.17 Å². The summed E-state index contributed by atoms with van der Waals surface area (Å²) < 4.78 is 6.76. The van der Waals surface area contributed by atoms with Gasteiger partial charge in [-0.3, -0.25) is 19.2 Å². The van der Waals surface area contributed by atoms with Gasteiger partial charge < -0.3 is 10.1 Å². The predicted molar refractivity (Wildman–Crippen MR) is 118 cm³/mol. The van der Waals surface area contributed by atoms with Gasteiger partial charge in [-0.15, -0.1) is 0 Å². The van der Waals surface area contributed by atoms with Crippen molar-refractivity contribution >= 4 is 34.8 Å². The van der Waals surface area contributed by atoms with Gasteiger partial charge in [-0.25, -0.2) is 4.99 Å². The summed E-state index contributed by atoms with van der Waals surface area (Å²) in [6.07, 6.45) is 5.88. The molecule has 0 saturated heterocycles. The van der Waals surface area contributed by atoms with Gasteiger partial charge in [0, 0.05) is 45.6 Å². The van der Waals surface area contributed by atoms with Crippen molar-refractivity contribution in [2.45, 2.75) is 13.0 Å². The molecule has 8 nitrogen and oxygen atoms in total. The summed E-state index contributed by atoms with van der Waals surface area (Å²) in [4.78, 5) is 31.2. The molecule has 0 fully saturated rings. The van der Waals surface area contributed by atoms with E-state index in [4.69, 9.17) is 4.74 Å². The summed E-state index contributed by atoms with van der Waals surface area (Å²) in [5.41, 5.74) is 2.17. The molecule has 1 aliphatic heterocycles. The number of aryl methyl sites for hydroxylation is 1. The van der Waals surface area contributed by atoms with Crippen LogP contribution in [0.4, 0.5) is 0 Å². The quantitative estimate of drug-likeness (QED) is 0.489. The molecule has 0 saturated carbocycles. The molecule has 1 N–H and O–H groups in total. The van der Waals surface area contributed by atoms with Crippen LogP contribution in [0.1, 0.15) is 17.5 Å². The fourth-order valence-electron chi connectivity index (χ4n) is 2.85. The van der Waals surface area contributed by atoms with Crippen molar-refractivity contribution < 1.29 is 14.3 Å². The molecule has 2 aromatic rings. The number of rotatable bonds is 9. The van der Waals surface area contributed by atoms with Crippen LogP contribution in [0.5, 0.6) is 0 Å². The Kier molecular flexibility index (Phi) is 7.81. The SMILES string of the molecule is COCCCN1C(=O)/C(=C\c2cnn(C)c2)N=C1SCC(=O)NCc1ccccc1. The maximum absolute atomic E-state index is 12.8. The second kappa shape index (κ2) is 10.7. The molecule has 0 radical (unpaired) electrons. The number of aliphatic imine (C=N–C) groups is 1. The molecule has 30 heavy (non-hydrogen) atoms. The monoisotopic (exact) mass is 427 g/mol. The van der Waals surface area contributed by atoms with Crippen LogP contribution in [-0.4, -0.2) is 57.7 Å². The third-order valence-corrected chi connectivity index (χ3v) is 5.31. The second-order valence-corrected chi connectivity index (χ2v) is 7.67. The van der Waals surface area contributed by atoms with Gasteiger partial charge >= 0.3 is 0 Å². The number of hydrogen-bond acceptors (Lipinski definition) is 6. The first kappa shape index (κ1) is 21.8. The Morgan fingerprint density at radius 1 is 1.30 bits per heavy atom. The third kappa shape index (κ3) is 6.04. The average Bonchev–Trinajstić information content (AvgIpc) is 3.29. The standard InChI is InChI=1S/C21H25N5O3S/c1-25-14-17(13-23-25)11-18-20(28)26(9-6-10-29-2)21(24-18)30-15-19(27)22-12-16-7-4-3-5-8-16/h3-5,7-8,11,13-14H,6,9-10,12,15H2,1-2H3,(H,22,27)/b18-11+. The molecular formula is C21H25N5O3S. The first-order valence-electron chi connectivity index (χ1n) is 9.60. The molecule has 3 rings (SSSR count). The first-order valence-corrected chi connectivity index (χ1v) is 10.6. The molecule has 158 valence electrons. The van der Waals surface area contributed by atoms with Gasteiger partial charge in [-0.2, -0.15) is 5.10 Å². The Labute approximate surface area is 180 Å². The van der Waals surface area contributed by atoms with Gasteiger partial charge in [0.05, 0.1) is 11.9 Å². The summed E-state index contributed by atoms with van der Waals surface area (Å²) >= 11 is 1.26. The minimum absolute atomic E-state index is 0.111. The molecule has 0 bridgehead atoms. The van der Waals surface area contributed by atoms with E-state index in [1.807, 2.05) is 43.6 Å². The maximum Gasteiger partial charge on any atom is 0.278 e. The second-order valence-electron chi connectivity index (χ2n) is 6.73. The minimum Gasteiger partial charge on any atom is -0.385 e. The van der Waals surface area contributed by atoms with E-state index in [1.54, 1.807) is 29.0 Å². The van der Waals surface area contributed by atoms with E-state index in [0.717, 1.165) is 11.1 Å². The van der Waals surface area contributed by atoms with Crippen molar-refractivity contribution in [2.75, 3.05) is 26.0 Å². The van der Waals surface area contributed by atoms with E-state index in [-0.39, 0.29) is 17.6 Å². The van der Waals surface area contributed by atoms with Crippen LogP contribution < -0.4 is 5.32 Å². The summed E-state index contributed by atoms with van der Waals surface area (Å²) in [6, 6.07) is 9.72. The van der Waals surface area contributed by atoms with E-state index >= 15 is 0 Å². The van der Waals surface area contributed by atoms with Gasteiger partial charge in [0.2, 0.25) is 5.91 Å². The van der Waals surface area contributed by atoms with Crippen LogP contribution in [0.2, 0.25) is 0 Å². The molecule has 1 aromatic carbocycles. The fraction of sp³-hybridized carbons (Fsp3) is 0.333. The average molecular weight is 428 g/mol. The molecule has 0 atom stereocenters. The Balaban J connectivity index is 1.63. The predicted octanol–water partition coefficient (Wildman–Crippen LogP) is 2.05. The summed E-state index contributed by atoms with van der Waals surface area (Å²) in [7, 11) is 3.44. The zero-order valence-electron chi connectivity index (χ0n) is 17.1. The van der Waals surface area contributed by atoms with Crippen molar-refractivity contribution in [1.29, 1.82) is 0 Å². The molecule has 2 amide bonds. The van der Waals surface area contributed by atoms with Crippen molar-refractivity contribution in [3.05, 3.63) is 59.5 Å². The van der Waals surface area contributed by atoms with Crippen LogP contribution in [0.3, 0.4) is 0 Å². The van der Waals surface area contributed by atoms with Gasteiger partial charge in [-0.05, 0) is 18.1 Å². The highest BCUT2D eigenvalue weighted by Crippen LogP contribution is 2.24.